The molecule has 3 N–H and O–H groups in total. The summed E-state index contributed by atoms with van der Waals surface area (Å²) in [6, 6.07) is 19.5. The second-order valence-corrected chi connectivity index (χ2v) is 6.74. The first-order chi connectivity index (χ1) is 13.9. The number of nitrogens with one attached hydrogen (secondary N) is 2. The maximum atomic E-state index is 12.6. The lowest BCUT2D eigenvalue weighted by molar-refractivity contribution is 0.102. The molecule has 0 heterocycles. The SMILES string of the molecule is Cc1cc(COc2ccccc2)ccc1NC(=O)c1cc(NC(=O)O)ccc1Cl. The lowest BCUT2D eigenvalue weighted by Crippen LogP contribution is -2.15. The number of para-hydroxylation sites is 1. The number of carboxylic acid groups (broad SMARTS) is 1. The third-order valence-electron chi connectivity index (χ3n) is 4.15. The number of amides is 2. The largest absolute Gasteiger partial charge is 0.489 e. The van der Waals surface area contributed by atoms with Gasteiger partial charge in [-0.1, -0.05) is 41.9 Å². The summed E-state index contributed by atoms with van der Waals surface area (Å²) in [5.41, 5.74) is 2.90. The fourth-order valence-electron chi connectivity index (χ4n) is 2.73. The van der Waals surface area contributed by atoms with Crippen LogP contribution in [0, 0.1) is 6.92 Å². The van der Waals surface area contributed by atoms with Gasteiger partial charge in [-0.3, -0.25) is 10.1 Å². The Hall–Kier alpha value is -3.51. The molecule has 0 aliphatic heterocycles. The summed E-state index contributed by atoms with van der Waals surface area (Å²) in [5.74, 6) is 0.354. The topological polar surface area (TPSA) is 87.7 Å². The predicted molar refractivity (Wildman–Crippen MR) is 113 cm³/mol. The van der Waals surface area contributed by atoms with Gasteiger partial charge >= 0.3 is 6.09 Å². The van der Waals surface area contributed by atoms with Crippen LogP contribution in [0.25, 0.3) is 0 Å². The second-order valence-electron chi connectivity index (χ2n) is 6.33. The van der Waals surface area contributed by atoms with Crippen molar-refractivity contribution < 1.29 is 19.4 Å². The fraction of sp³-hybridized carbons (Fsp3) is 0.0909. The minimum Gasteiger partial charge on any atom is -0.489 e. The first kappa shape index (κ1) is 20.2. The van der Waals surface area contributed by atoms with Crippen molar-refractivity contribution in [3.05, 3.63) is 88.4 Å². The van der Waals surface area contributed by atoms with Crippen molar-refractivity contribution in [1.82, 2.24) is 0 Å². The van der Waals surface area contributed by atoms with Crippen LogP contribution in [0.3, 0.4) is 0 Å². The summed E-state index contributed by atoms with van der Waals surface area (Å²) in [5, 5.41) is 14.1. The van der Waals surface area contributed by atoms with Gasteiger partial charge in [0.05, 0.1) is 10.6 Å². The standard InChI is InChI=1S/C22H19ClN2O4/c1-14-11-15(13-29-17-5-3-2-4-6-17)7-10-20(14)25-21(26)18-12-16(24-22(27)28)8-9-19(18)23/h2-12,24H,13H2,1H3,(H,25,26)(H,27,28). The maximum absolute atomic E-state index is 12.6. The Bertz CT molecular complexity index is 1040. The number of anilines is 2. The lowest BCUT2D eigenvalue weighted by atomic mass is 10.1. The molecule has 0 aliphatic rings. The van der Waals surface area contributed by atoms with E-state index in [0.29, 0.717) is 12.3 Å². The zero-order valence-corrected chi connectivity index (χ0v) is 16.4. The number of hydrogen-bond donors (Lipinski definition) is 3. The zero-order chi connectivity index (χ0) is 20.8. The van der Waals surface area contributed by atoms with Crippen molar-refractivity contribution in [3.8, 4) is 5.75 Å². The molecule has 7 heteroatoms. The average molecular weight is 411 g/mol. The van der Waals surface area contributed by atoms with Gasteiger partial charge in [0.15, 0.2) is 0 Å². The zero-order valence-electron chi connectivity index (χ0n) is 15.6. The van der Waals surface area contributed by atoms with E-state index in [0.717, 1.165) is 16.9 Å². The van der Waals surface area contributed by atoms with E-state index in [4.69, 9.17) is 21.4 Å². The third kappa shape index (κ3) is 5.49. The summed E-state index contributed by atoms with van der Waals surface area (Å²) in [4.78, 5) is 23.4. The summed E-state index contributed by atoms with van der Waals surface area (Å²) >= 11 is 6.11. The van der Waals surface area contributed by atoms with Gasteiger partial charge in [-0.25, -0.2) is 4.79 Å². The smallest absolute Gasteiger partial charge is 0.409 e. The van der Waals surface area contributed by atoms with Crippen molar-refractivity contribution >= 4 is 35.0 Å². The van der Waals surface area contributed by atoms with E-state index in [1.165, 1.54) is 18.2 Å². The Labute approximate surface area is 173 Å². The normalized spacial score (nSPS) is 10.3. The van der Waals surface area contributed by atoms with Crippen molar-refractivity contribution in [2.45, 2.75) is 13.5 Å². The molecule has 0 saturated heterocycles. The molecular formula is C22H19ClN2O4. The van der Waals surface area contributed by atoms with E-state index in [-0.39, 0.29) is 16.3 Å². The van der Waals surface area contributed by atoms with Crippen LogP contribution in [0.5, 0.6) is 5.75 Å². The minimum atomic E-state index is -1.22. The van der Waals surface area contributed by atoms with Crippen LogP contribution in [0.2, 0.25) is 5.02 Å². The first-order valence-corrected chi connectivity index (χ1v) is 9.18. The first-order valence-electron chi connectivity index (χ1n) is 8.80. The molecular weight excluding hydrogens is 392 g/mol. The number of rotatable bonds is 6. The predicted octanol–water partition coefficient (Wildman–Crippen LogP) is 5.57. The number of halogens is 1. The van der Waals surface area contributed by atoms with E-state index >= 15 is 0 Å². The van der Waals surface area contributed by atoms with Gasteiger partial charge in [-0.2, -0.15) is 0 Å². The van der Waals surface area contributed by atoms with Gasteiger partial charge in [0.1, 0.15) is 12.4 Å². The molecule has 3 aromatic carbocycles. The van der Waals surface area contributed by atoms with Crippen LogP contribution in [0.4, 0.5) is 16.2 Å². The molecule has 0 unspecified atom stereocenters. The summed E-state index contributed by atoms with van der Waals surface area (Å²) in [7, 11) is 0. The molecule has 0 saturated carbocycles. The lowest BCUT2D eigenvalue weighted by Gasteiger charge is -2.12. The van der Waals surface area contributed by atoms with Gasteiger partial charge in [-0.05, 0) is 54.4 Å². The molecule has 0 aliphatic carbocycles. The fourth-order valence-corrected chi connectivity index (χ4v) is 2.93. The van der Waals surface area contributed by atoms with Gasteiger partial charge in [-0.15, -0.1) is 0 Å². The molecule has 3 aromatic rings. The monoisotopic (exact) mass is 410 g/mol. The molecule has 29 heavy (non-hydrogen) atoms. The van der Waals surface area contributed by atoms with Crippen molar-refractivity contribution in [2.75, 3.05) is 10.6 Å². The molecule has 0 bridgehead atoms. The van der Waals surface area contributed by atoms with Crippen LogP contribution in [-0.2, 0) is 6.61 Å². The van der Waals surface area contributed by atoms with E-state index in [1.807, 2.05) is 49.4 Å². The van der Waals surface area contributed by atoms with Gasteiger partial charge in [0.2, 0.25) is 0 Å². The van der Waals surface area contributed by atoms with Crippen LogP contribution < -0.4 is 15.4 Å². The van der Waals surface area contributed by atoms with Crippen LogP contribution in [0.15, 0.2) is 66.7 Å². The van der Waals surface area contributed by atoms with Gasteiger partial charge in [0, 0.05) is 11.4 Å². The molecule has 6 nitrogen and oxygen atoms in total. The molecule has 0 spiro atoms. The number of benzene rings is 3. The Morgan fingerprint density at radius 2 is 1.76 bits per heavy atom. The Morgan fingerprint density at radius 1 is 1.00 bits per heavy atom. The molecule has 148 valence electrons. The highest BCUT2D eigenvalue weighted by Crippen LogP contribution is 2.24. The Balaban J connectivity index is 1.70. The molecule has 0 aromatic heterocycles. The highest BCUT2D eigenvalue weighted by Gasteiger charge is 2.14. The summed E-state index contributed by atoms with van der Waals surface area (Å²) in [6.45, 7) is 2.29. The van der Waals surface area contributed by atoms with E-state index < -0.39 is 12.0 Å². The number of hydrogen-bond acceptors (Lipinski definition) is 3. The Kier molecular flexibility index (Phi) is 6.36. The van der Waals surface area contributed by atoms with Crippen LogP contribution >= 0.6 is 11.6 Å². The van der Waals surface area contributed by atoms with Gasteiger partial charge < -0.3 is 15.2 Å². The molecule has 0 atom stereocenters. The molecule has 3 rings (SSSR count). The highest BCUT2D eigenvalue weighted by molar-refractivity contribution is 6.34. The van der Waals surface area contributed by atoms with Gasteiger partial charge in [0.25, 0.3) is 5.91 Å². The molecule has 2 amide bonds. The molecule has 0 fully saturated rings. The van der Waals surface area contributed by atoms with Crippen molar-refractivity contribution in [3.63, 3.8) is 0 Å². The average Bonchev–Trinajstić information content (AvgIpc) is 2.70. The van der Waals surface area contributed by atoms with E-state index in [1.54, 1.807) is 6.07 Å². The second kappa shape index (κ2) is 9.12. The number of aryl methyl sites for hydroxylation is 1. The number of ether oxygens (including phenoxy) is 1. The van der Waals surface area contributed by atoms with Crippen molar-refractivity contribution in [1.29, 1.82) is 0 Å². The summed E-state index contributed by atoms with van der Waals surface area (Å²) in [6.07, 6.45) is -1.22. The van der Waals surface area contributed by atoms with Crippen LogP contribution in [0.1, 0.15) is 21.5 Å². The Morgan fingerprint density at radius 3 is 2.45 bits per heavy atom. The molecule has 0 radical (unpaired) electrons. The highest BCUT2D eigenvalue weighted by atomic mass is 35.5. The summed E-state index contributed by atoms with van der Waals surface area (Å²) < 4.78 is 5.74. The van der Waals surface area contributed by atoms with E-state index in [9.17, 15) is 9.59 Å². The quantitative estimate of drug-likeness (QED) is 0.495. The maximum Gasteiger partial charge on any atom is 0.409 e. The number of carbonyl (C=O) groups excluding carboxylic acids is 1. The number of carbonyl (C=O) groups is 2. The van der Waals surface area contributed by atoms with E-state index in [2.05, 4.69) is 10.6 Å². The van der Waals surface area contributed by atoms with Crippen LogP contribution in [-0.4, -0.2) is 17.1 Å². The minimum absolute atomic E-state index is 0.175. The van der Waals surface area contributed by atoms with Crippen molar-refractivity contribution in [2.24, 2.45) is 0 Å². The third-order valence-corrected chi connectivity index (χ3v) is 4.48.